The quantitative estimate of drug-likeness (QED) is 0.792. The van der Waals surface area contributed by atoms with Gasteiger partial charge in [-0.1, -0.05) is 25.1 Å². The molecule has 7 nitrogen and oxygen atoms in total. The topological polar surface area (TPSA) is 88.0 Å². The largest absolute Gasteiger partial charge is 0.354 e. The summed E-state index contributed by atoms with van der Waals surface area (Å²) in [6.07, 6.45) is 4.43. The van der Waals surface area contributed by atoms with E-state index in [0.717, 1.165) is 17.7 Å². The molecule has 1 aliphatic heterocycles. The molecular weight excluding hydrogens is 318 g/mol. The maximum atomic E-state index is 12.4. The van der Waals surface area contributed by atoms with Crippen molar-refractivity contribution in [1.82, 2.24) is 25.7 Å². The Morgan fingerprint density at radius 2 is 2.16 bits per heavy atom. The molecule has 3 amide bonds. The first-order valence-corrected chi connectivity index (χ1v) is 8.50. The van der Waals surface area contributed by atoms with Crippen LogP contribution >= 0.6 is 0 Å². The van der Waals surface area contributed by atoms with Crippen LogP contribution in [0.2, 0.25) is 0 Å². The molecule has 25 heavy (non-hydrogen) atoms. The van der Waals surface area contributed by atoms with Crippen molar-refractivity contribution in [2.45, 2.75) is 32.4 Å². The molecule has 7 heteroatoms. The van der Waals surface area contributed by atoms with E-state index in [-0.39, 0.29) is 23.9 Å². The number of nitrogens with zero attached hydrogens (tertiary/aromatic N) is 2. The molecular formula is C18H23N5O2. The van der Waals surface area contributed by atoms with Crippen molar-refractivity contribution in [1.29, 1.82) is 0 Å². The Hall–Kier alpha value is -2.83. The maximum Gasteiger partial charge on any atom is 0.315 e. The molecule has 1 saturated heterocycles. The summed E-state index contributed by atoms with van der Waals surface area (Å²) in [5.74, 6) is -0.00957. The Labute approximate surface area is 146 Å². The summed E-state index contributed by atoms with van der Waals surface area (Å²) >= 11 is 0. The molecule has 0 bridgehead atoms. The molecule has 3 unspecified atom stereocenters. The average Bonchev–Trinajstić information content (AvgIpc) is 3.13. The van der Waals surface area contributed by atoms with Crippen molar-refractivity contribution in [2.24, 2.45) is 5.92 Å². The van der Waals surface area contributed by atoms with Gasteiger partial charge in [-0.3, -0.25) is 4.79 Å². The summed E-state index contributed by atoms with van der Waals surface area (Å²) in [6, 6.07) is 8.54. The summed E-state index contributed by atoms with van der Waals surface area (Å²) in [7, 11) is 0. The van der Waals surface area contributed by atoms with E-state index in [0.29, 0.717) is 6.54 Å². The van der Waals surface area contributed by atoms with Crippen molar-refractivity contribution >= 4 is 11.9 Å². The third-order valence-electron chi connectivity index (χ3n) is 4.54. The zero-order valence-electron chi connectivity index (χ0n) is 14.4. The van der Waals surface area contributed by atoms with Crippen LogP contribution in [0.3, 0.4) is 0 Å². The van der Waals surface area contributed by atoms with Crippen LogP contribution in [0.5, 0.6) is 0 Å². The number of carbonyl (C=O) groups excluding carboxylic acids is 2. The van der Waals surface area contributed by atoms with Gasteiger partial charge < -0.3 is 16.0 Å². The zero-order chi connectivity index (χ0) is 17.8. The Balaban J connectivity index is 1.69. The molecule has 2 heterocycles. The molecule has 0 radical (unpaired) electrons. The van der Waals surface area contributed by atoms with Gasteiger partial charge in [-0.2, -0.15) is 5.10 Å². The standard InChI is InChI=1S/C18H23N5O2/c1-12-8-10-19-17(24)16(12)22-18(25)21-13(2)14-6-3-4-7-15(14)23-11-5-9-20-23/h3-7,9,11-13,16H,8,10H2,1-2H3,(H,19,24)(H2,21,22,25). The summed E-state index contributed by atoms with van der Waals surface area (Å²) in [6.45, 7) is 4.54. The van der Waals surface area contributed by atoms with Crippen molar-refractivity contribution in [3.05, 3.63) is 48.3 Å². The van der Waals surface area contributed by atoms with E-state index < -0.39 is 6.04 Å². The van der Waals surface area contributed by atoms with Crippen molar-refractivity contribution in [3.63, 3.8) is 0 Å². The van der Waals surface area contributed by atoms with Crippen LogP contribution in [0.1, 0.15) is 31.9 Å². The second-order valence-electron chi connectivity index (χ2n) is 6.38. The molecule has 1 fully saturated rings. The number of urea groups is 1. The van der Waals surface area contributed by atoms with Crippen LogP contribution in [-0.2, 0) is 4.79 Å². The van der Waals surface area contributed by atoms with Gasteiger partial charge in [0.25, 0.3) is 0 Å². The van der Waals surface area contributed by atoms with Crippen LogP contribution in [0.15, 0.2) is 42.7 Å². The van der Waals surface area contributed by atoms with Crippen molar-refractivity contribution < 1.29 is 9.59 Å². The van der Waals surface area contributed by atoms with E-state index in [4.69, 9.17) is 0 Å². The van der Waals surface area contributed by atoms with E-state index in [1.807, 2.05) is 50.4 Å². The van der Waals surface area contributed by atoms with Crippen molar-refractivity contribution in [2.75, 3.05) is 6.54 Å². The fraction of sp³-hybridized carbons (Fsp3) is 0.389. The zero-order valence-corrected chi connectivity index (χ0v) is 14.4. The van der Waals surface area contributed by atoms with Gasteiger partial charge >= 0.3 is 6.03 Å². The fourth-order valence-corrected chi connectivity index (χ4v) is 3.10. The summed E-state index contributed by atoms with van der Waals surface area (Å²) < 4.78 is 1.77. The predicted octanol–water partition coefficient (Wildman–Crippen LogP) is 1.76. The number of carbonyl (C=O) groups is 2. The van der Waals surface area contributed by atoms with Gasteiger partial charge in [-0.25, -0.2) is 9.48 Å². The second kappa shape index (κ2) is 7.38. The number of rotatable bonds is 4. The maximum absolute atomic E-state index is 12.4. The van der Waals surface area contributed by atoms with E-state index in [9.17, 15) is 9.59 Å². The van der Waals surface area contributed by atoms with E-state index in [2.05, 4.69) is 21.0 Å². The second-order valence-corrected chi connectivity index (χ2v) is 6.38. The minimum atomic E-state index is -0.498. The first-order valence-electron chi connectivity index (χ1n) is 8.50. The Morgan fingerprint density at radius 1 is 1.36 bits per heavy atom. The molecule has 1 aromatic carbocycles. The van der Waals surface area contributed by atoms with Gasteiger partial charge in [0.2, 0.25) is 5.91 Å². The van der Waals surface area contributed by atoms with Crippen molar-refractivity contribution in [3.8, 4) is 5.69 Å². The van der Waals surface area contributed by atoms with Gasteiger partial charge in [0.15, 0.2) is 0 Å². The van der Waals surface area contributed by atoms with Gasteiger partial charge in [0.1, 0.15) is 6.04 Å². The molecule has 132 valence electrons. The van der Waals surface area contributed by atoms with Gasteiger partial charge in [0, 0.05) is 18.9 Å². The lowest BCUT2D eigenvalue weighted by atomic mass is 9.94. The van der Waals surface area contributed by atoms with E-state index >= 15 is 0 Å². The number of para-hydroxylation sites is 1. The van der Waals surface area contributed by atoms with Gasteiger partial charge in [-0.15, -0.1) is 0 Å². The number of hydrogen-bond acceptors (Lipinski definition) is 3. The summed E-state index contributed by atoms with van der Waals surface area (Å²) in [5, 5.41) is 12.7. The fourth-order valence-electron chi connectivity index (χ4n) is 3.10. The van der Waals surface area contributed by atoms with Gasteiger partial charge in [0.05, 0.1) is 11.7 Å². The number of hydrogen-bond donors (Lipinski definition) is 3. The molecule has 1 aromatic heterocycles. The van der Waals surface area contributed by atoms with Crippen LogP contribution < -0.4 is 16.0 Å². The minimum absolute atomic E-state index is 0.117. The number of nitrogens with one attached hydrogen (secondary N) is 3. The third-order valence-corrected chi connectivity index (χ3v) is 4.54. The lowest BCUT2D eigenvalue weighted by molar-refractivity contribution is -0.125. The van der Waals surface area contributed by atoms with E-state index in [1.165, 1.54) is 0 Å². The van der Waals surface area contributed by atoms with Crippen LogP contribution in [-0.4, -0.2) is 34.3 Å². The molecule has 1 aliphatic rings. The van der Waals surface area contributed by atoms with Crippen LogP contribution in [0.4, 0.5) is 4.79 Å². The minimum Gasteiger partial charge on any atom is -0.354 e. The summed E-state index contributed by atoms with van der Waals surface area (Å²) in [5.41, 5.74) is 1.85. The SMILES string of the molecule is CC(NC(=O)NC1C(=O)NCCC1C)c1ccccc1-n1cccn1. The first-order chi connectivity index (χ1) is 12.1. The lowest BCUT2D eigenvalue weighted by Crippen LogP contribution is -2.56. The molecule has 3 rings (SSSR count). The highest BCUT2D eigenvalue weighted by Crippen LogP contribution is 2.21. The predicted molar refractivity (Wildman–Crippen MR) is 94.2 cm³/mol. The van der Waals surface area contributed by atoms with Gasteiger partial charge in [-0.05, 0) is 37.0 Å². The summed E-state index contributed by atoms with van der Waals surface area (Å²) in [4.78, 5) is 24.3. The smallest absolute Gasteiger partial charge is 0.315 e. The third kappa shape index (κ3) is 3.81. The Bertz CT molecular complexity index is 744. The van der Waals surface area contributed by atoms with Crippen LogP contribution in [0.25, 0.3) is 5.69 Å². The number of benzene rings is 1. The molecule has 0 spiro atoms. The monoisotopic (exact) mass is 341 g/mol. The lowest BCUT2D eigenvalue weighted by Gasteiger charge is -2.29. The first kappa shape index (κ1) is 17.0. The highest BCUT2D eigenvalue weighted by molar-refractivity contribution is 5.88. The molecule has 3 N–H and O–H groups in total. The number of aromatic nitrogens is 2. The highest BCUT2D eigenvalue weighted by atomic mass is 16.2. The number of amides is 3. The van der Waals surface area contributed by atoms with Crippen LogP contribution in [0, 0.1) is 5.92 Å². The average molecular weight is 341 g/mol. The molecule has 0 saturated carbocycles. The Morgan fingerprint density at radius 3 is 2.88 bits per heavy atom. The normalized spacial score (nSPS) is 21.3. The molecule has 2 aromatic rings. The molecule has 0 aliphatic carbocycles. The highest BCUT2D eigenvalue weighted by Gasteiger charge is 2.30. The Kier molecular flexibility index (Phi) is 5.02. The number of piperidine rings is 1. The molecule has 3 atom stereocenters. The van der Waals surface area contributed by atoms with E-state index in [1.54, 1.807) is 10.9 Å².